The second kappa shape index (κ2) is 8.72. The fraction of sp³-hybridized carbons (Fsp3) is 0.294. The Labute approximate surface area is 147 Å². The number of anilines is 1. The summed E-state index contributed by atoms with van der Waals surface area (Å²) in [4.78, 5) is 14.6. The minimum absolute atomic E-state index is 0.158. The van der Waals surface area contributed by atoms with Crippen LogP contribution in [0.4, 0.5) is 23.2 Å². The van der Waals surface area contributed by atoms with Crippen molar-refractivity contribution in [2.45, 2.75) is 25.3 Å². The van der Waals surface area contributed by atoms with E-state index in [0.717, 1.165) is 6.42 Å². The Bertz CT molecular complexity index is 774. The predicted octanol–water partition coefficient (Wildman–Crippen LogP) is 2.70. The number of aromatic nitrogens is 1. The molecular weight excluding hydrogens is 352 g/mol. The van der Waals surface area contributed by atoms with Crippen molar-refractivity contribution >= 4 is 11.6 Å². The lowest BCUT2D eigenvalue weighted by molar-refractivity contribution is -0.117. The molecule has 1 heterocycles. The molecular formula is C17H18F4N4O. The summed E-state index contributed by atoms with van der Waals surface area (Å²) in [5.41, 5.74) is 10.3. The highest BCUT2D eigenvalue weighted by Gasteiger charge is 2.22. The van der Waals surface area contributed by atoms with E-state index in [-0.39, 0.29) is 11.3 Å². The fourth-order valence-electron chi connectivity index (χ4n) is 2.37. The molecule has 0 aliphatic carbocycles. The number of hydrogen-bond acceptors (Lipinski definition) is 4. The topological polar surface area (TPSA) is 94.0 Å². The first-order valence-corrected chi connectivity index (χ1v) is 7.92. The smallest absolute Gasteiger partial charge is 0.252 e. The van der Waals surface area contributed by atoms with Crippen LogP contribution in [0.3, 0.4) is 0 Å². The van der Waals surface area contributed by atoms with E-state index in [1.54, 1.807) is 0 Å². The number of nitrogens with one attached hydrogen (secondary N) is 1. The highest BCUT2D eigenvalue weighted by Crippen LogP contribution is 2.29. The lowest BCUT2D eigenvalue weighted by Crippen LogP contribution is -2.35. The van der Waals surface area contributed by atoms with Crippen LogP contribution in [0.15, 0.2) is 24.3 Å². The summed E-state index contributed by atoms with van der Waals surface area (Å²) in [6, 6.07) is 4.48. The maximum Gasteiger partial charge on any atom is 0.252 e. The van der Waals surface area contributed by atoms with Crippen molar-refractivity contribution < 1.29 is 22.4 Å². The predicted molar refractivity (Wildman–Crippen MR) is 89.0 cm³/mol. The van der Waals surface area contributed by atoms with Crippen LogP contribution in [0.5, 0.6) is 0 Å². The second-order valence-corrected chi connectivity index (χ2v) is 5.66. The van der Waals surface area contributed by atoms with Gasteiger partial charge in [0.25, 0.3) is 11.9 Å². The zero-order valence-electron chi connectivity index (χ0n) is 13.7. The molecule has 1 amide bonds. The number of carbonyl (C=O) groups is 1. The molecule has 2 aromatic rings. The Morgan fingerprint density at radius 1 is 1.12 bits per heavy atom. The molecule has 0 aliphatic heterocycles. The lowest BCUT2D eigenvalue weighted by atomic mass is 10.0. The number of amides is 1. The van der Waals surface area contributed by atoms with E-state index in [0.29, 0.717) is 19.4 Å². The van der Waals surface area contributed by atoms with Crippen molar-refractivity contribution in [2.24, 2.45) is 11.5 Å². The van der Waals surface area contributed by atoms with Gasteiger partial charge >= 0.3 is 0 Å². The van der Waals surface area contributed by atoms with E-state index in [2.05, 4.69) is 10.3 Å². The molecule has 0 spiro atoms. The molecule has 0 bridgehead atoms. The van der Waals surface area contributed by atoms with Gasteiger partial charge in [0.1, 0.15) is 0 Å². The number of rotatable bonds is 7. The molecule has 0 fully saturated rings. The Morgan fingerprint density at radius 3 is 2.38 bits per heavy atom. The normalized spacial score (nSPS) is 12.1. The van der Waals surface area contributed by atoms with Crippen molar-refractivity contribution in [3.63, 3.8) is 0 Å². The van der Waals surface area contributed by atoms with Gasteiger partial charge in [-0.15, -0.1) is 0 Å². The quantitative estimate of drug-likeness (QED) is 0.397. The van der Waals surface area contributed by atoms with Gasteiger partial charge in [0.15, 0.2) is 11.6 Å². The average molecular weight is 370 g/mol. The van der Waals surface area contributed by atoms with Crippen LogP contribution in [0, 0.1) is 23.5 Å². The van der Waals surface area contributed by atoms with Crippen molar-refractivity contribution in [3.8, 4) is 11.1 Å². The first-order chi connectivity index (χ1) is 12.3. The number of benzene rings is 1. The zero-order valence-corrected chi connectivity index (χ0v) is 13.7. The molecule has 5 N–H and O–H groups in total. The SMILES string of the molecule is NCCCC[C@H](N)C(=O)Nc1cccc(-c2c(F)c(F)nc(F)c2F)c1. The maximum atomic E-state index is 13.9. The van der Waals surface area contributed by atoms with Gasteiger partial charge in [-0.25, -0.2) is 8.78 Å². The molecule has 0 saturated heterocycles. The third kappa shape index (κ3) is 4.55. The molecule has 9 heteroatoms. The number of nitrogens with zero attached hydrogens (tertiary/aromatic N) is 1. The van der Waals surface area contributed by atoms with Crippen LogP contribution in [-0.2, 0) is 4.79 Å². The fourth-order valence-corrected chi connectivity index (χ4v) is 2.37. The van der Waals surface area contributed by atoms with Crippen molar-refractivity contribution in [1.29, 1.82) is 0 Å². The molecule has 2 rings (SSSR count). The van der Waals surface area contributed by atoms with Crippen molar-refractivity contribution in [1.82, 2.24) is 4.98 Å². The average Bonchev–Trinajstić information content (AvgIpc) is 2.60. The van der Waals surface area contributed by atoms with Gasteiger partial charge in [-0.05, 0) is 37.1 Å². The van der Waals surface area contributed by atoms with Gasteiger partial charge in [-0.3, -0.25) is 4.79 Å². The van der Waals surface area contributed by atoms with E-state index in [9.17, 15) is 22.4 Å². The number of carbonyl (C=O) groups excluding carboxylic acids is 1. The Morgan fingerprint density at radius 2 is 1.77 bits per heavy atom. The van der Waals surface area contributed by atoms with Crippen LogP contribution >= 0.6 is 0 Å². The molecule has 0 aliphatic rings. The van der Waals surface area contributed by atoms with Crippen LogP contribution in [0.2, 0.25) is 0 Å². The van der Waals surface area contributed by atoms with Crippen LogP contribution in [0.25, 0.3) is 11.1 Å². The highest BCUT2D eigenvalue weighted by atomic mass is 19.2. The molecule has 1 aromatic heterocycles. The number of hydrogen-bond donors (Lipinski definition) is 3. The molecule has 1 aromatic carbocycles. The Balaban J connectivity index is 2.23. The Hall–Kier alpha value is -2.52. The van der Waals surface area contributed by atoms with Gasteiger partial charge in [-0.2, -0.15) is 13.8 Å². The van der Waals surface area contributed by atoms with Gasteiger partial charge in [0.05, 0.1) is 11.6 Å². The molecule has 0 radical (unpaired) electrons. The van der Waals surface area contributed by atoms with Gasteiger partial charge in [0, 0.05) is 5.69 Å². The van der Waals surface area contributed by atoms with Crippen molar-refractivity contribution in [2.75, 3.05) is 11.9 Å². The zero-order chi connectivity index (χ0) is 19.3. The van der Waals surface area contributed by atoms with E-state index in [4.69, 9.17) is 11.5 Å². The lowest BCUT2D eigenvalue weighted by Gasteiger charge is -2.13. The van der Waals surface area contributed by atoms with E-state index in [1.807, 2.05) is 0 Å². The number of nitrogens with two attached hydrogens (primary N) is 2. The first kappa shape index (κ1) is 19.8. The summed E-state index contributed by atoms with van der Waals surface area (Å²) in [7, 11) is 0. The summed E-state index contributed by atoms with van der Waals surface area (Å²) in [6.45, 7) is 0.493. The monoisotopic (exact) mass is 370 g/mol. The second-order valence-electron chi connectivity index (χ2n) is 5.66. The van der Waals surface area contributed by atoms with Crippen LogP contribution in [-0.4, -0.2) is 23.5 Å². The molecule has 5 nitrogen and oxygen atoms in total. The van der Waals surface area contributed by atoms with E-state index >= 15 is 0 Å². The first-order valence-electron chi connectivity index (χ1n) is 7.92. The molecule has 26 heavy (non-hydrogen) atoms. The maximum absolute atomic E-state index is 13.9. The summed E-state index contributed by atoms with van der Waals surface area (Å²) in [5.74, 6) is -7.24. The summed E-state index contributed by atoms with van der Waals surface area (Å²) >= 11 is 0. The highest BCUT2D eigenvalue weighted by molar-refractivity contribution is 5.95. The van der Waals surface area contributed by atoms with E-state index in [1.165, 1.54) is 24.3 Å². The van der Waals surface area contributed by atoms with Gasteiger partial charge in [-0.1, -0.05) is 18.6 Å². The summed E-state index contributed by atoms with van der Waals surface area (Å²) in [6.07, 6.45) is 1.83. The minimum atomic E-state index is -1.75. The summed E-state index contributed by atoms with van der Waals surface area (Å²) < 4.78 is 54.3. The van der Waals surface area contributed by atoms with Gasteiger partial charge < -0.3 is 16.8 Å². The molecule has 0 unspecified atom stereocenters. The standard InChI is InChI=1S/C17H18F4N4O/c18-13-12(14(19)16(21)25-15(13)20)9-4-3-5-10(8-9)24-17(26)11(23)6-1-2-7-22/h3-5,8,11H,1-2,6-7,22-23H2,(H,24,26)/t11-/m0/s1. The summed E-state index contributed by atoms with van der Waals surface area (Å²) in [5, 5.41) is 2.50. The molecule has 140 valence electrons. The van der Waals surface area contributed by atoms with Crippen LogP contribution in [0.1, 0.15) is 19.3 Å². The minimum Gasteiger partial charge on any atom is -0.330 e. The van der Waals surface area contributed by atoms with Gasteiger partial charge in [0.2, 0.25) is 5.91 Å². The third-order valence-corrected chi connectivity index (χ3v) is 3.72. The number of halogens is 4. The van der Waals surface area contributed by atoms with Crippen molar-refractivity contribution in [3.05, 3.63) is 47.8 Å². The largest absolute Gasteiger partial charge is 0.330 e. The van der Waals surface area contributed by atoms with E-state index < -0.39 is 41.0 Å². The number of pyridine rings is 1. The molecule has 1 atom stereocenters. The number of unbranched alkanes of at least 4 members (excludes halogenated alkanes) is 1. The van der Waals surface area contributed by atoms with Crippen LogP contribution < -0.4 is 16.8 Å². The third-order valence-electron chi connectivity index (χ3n) is 3.72. The Kier molecular flexibility index (Phi) is 6.64. The molecule has 0 saturated carbocycles.